The Kier molecular flexibility index (Phi) is 6.29. The first-order chi connectivity index (χ1) is 9.34. The molecule has 0 aliphatic rings. The van der Waals surface area contributed by atoms with Gasteiger partial charge in [0.15, 0.2) is 0 Å². The van der Waals surface area contributed by atoms with Gasteiger partial charge < -0.3 is 10.5 Å². The summed E-state index contributed by atoms with van der Waals surface area (Å²) < 4.78 is 40.0. The van der Waals surface area contributed by atoms with Crippen molar-refractivity contribution in [3.8, 4) is 5.75 Å². The Morgan fingerprint density at radius 1 is 1.25 bits per heavy atom. The lowest BCUT2D eigenvalue weighted by Gasteiger charge is -2.23. The van der Waals surface area contributed by atoms with Crippen LogP contribution in [0.15, 0.2) is 24.3 Å². The highest BCUT2D eigenvalue weighted by atomic mass is 19.4. The zero-order valence-electron chi connectivity index (χ0n) is 11.8. The van der Waals surface area contributed by atoms with E-state index in [2.05, 4.69) is 16.6 Å². The Labute approximate surface area is 117 Å². The molecule has 1 atom stereocenters. The molecule has 3 nitrogen and oxygen atoms in total. The van der Waals surface area contributed by atoms with Crippen LogP contribution in [0.1, 0.15) is 19.4 Å². The van der Waals surface area contributed by atoms with Gasteiger partial charge >= 0.3 is 6.36 Å². The zero-order valence-corrected chi connectivity index (χ0v) is 11.8. The maximum absolute atomic E-state index is 12.0. The van der Waals surface area contributed by atoms with Crippen molar-refractivity contribution in [2.45, 2.75) is 26.8 Å². The molecule has 0 bridgehead atoms. The van der Waals surface area contributed by atoms with Crippen LogP contribution in [0.5, 0.6) is 5.75 Å². The largest absolute Gasteiger partial charge is 0.573 e. The van der Waals surface area contributed by atoms with Crippen molar-refractivity contribution in [3.63, 3.8) is 0 Å². The van der Waals surface area contributed by atoms with Gasteiger partial charge in [-0.2, -0.15) is 0 Å². The molecule has 1 aromatic rings. The number of rotatable bonds is 7. The summed E-state index contributed by atoms with van der Waals surface area (Å²) in [6, 6.07) is 5.97. The van der Waals surface area contributed by atoms with Crippen LogP contribution in [-0.2, 0) is 6.54 Å². The van der Waals surface area contributed by atoms with E-state index in [1.165, 1.54) is 12.1 Å². The van der Waals surface area contributed by atoms with E-state index < -0.39 is 6.36 Å². The highest BCUT2D eigenvalue weighted by Gasteiger charge is 2.30. The molecule has 0 saturated carbocycles. The highest BCUT2D eigenvalue weighted by Crippen LogP contribution is 2.23. The SMILES string of the molecule is CCN(Cc1ccc(OC(F)(F)F)cc1)CC(C)CN. The fourth-order valence-corrected chi connectivity index (χ4v) is 1.88. The van der Waals surface area contributed by atoms with Crippen molar-refractivity contribution in [1.29, 1.82) is 0 Å². The summed E-state index contributed by atoms with van der Waals surface area (Å²) in [7, 11) is 0. The van der Waals surface area contributed by atoms with E-state index in [4.69, 9.17) is 5.73 Å². The van der Waals surface area contributed by atoms with E-state index in [0.29, 0.717) is 19.0 Å². The number of hydrogen-bond acceptors (Lipinski definition) is 3. The van der Waals surface area contributed by atoms with Gasteiger partial charge in [0.2, 0.25) is 0 Å². The molecule has 20 heavy (non-hydrogen) atoms. The molecule has 0 heterocycles. The van der Waals surface area contributed by atoms with E-state index >= 15 is 0 Å². The van der Waals surface area contributed by atoms with E-state index in [9.17, 15) is 13.2 Å². The third-order valence-corrected chi connectivity index (χ3v) is 2.98. The predicted octanol–water partition coefficient (Wildman–Crippen LogP) is 3.00. The molecule has 0 aromatic heterocycles. The van der Waals surface area contributed by atoms with Crippen LogP contribution in [0.3, 0.4) is 0 Å². The number of halogens is 3. The Balaban J connectivity index is 2.59. The molecule has 1 unspecified atom stereocenters. The minimum Gasteiger partial charge on any atom is -0.406 e. The van der Waals surface area contributed by atoms with Crippen LogP contribution in [0.4, 0.5) is 13.2 Å². The lowest BCUT2D eigenvalue weighted by atomic mass is 10.1. The second-order valence-corrected chi connectivity index (χ2v) is 4.86. The molecule has 0 spiro atoms. The Hall–Kier alpha value is -1.27. The average molecular weight is 290 g/mol. The predicted molar refractivity (Wildman–Crippen MR) is 72.3 cm³/mol. The Morgan fingerprint density at radius 3 is 2.30 bits per heavy atom. The molecule has 0 aliphatic heterocycles. The molecule has 1 rings (SSSR count). The summed E-state index contributed by atoms with van der Waals surface area (Å²) in [5.74, 6) is 0.197. The molecule has 0 radical (unpaired) electrons. The van der Waals surface area contributed by atoms with Gasteiger partial charge in [0.25, 0.3) is 0 Å². The van der Waals surface area contributed by atoms with Gasteiger partial charge in [-0.15, -0.1) is 13.2 Å². The van der Waals surface area contributed by atoms with Crippen LogP contribution in [0.25, 0.3) is 0 Å². The highest BCUT2D eigenvalue weighted by molar-refractivity contribution is 5.27. The van der Waals surface area contributed by atoms with E-state index in [1.807, 2.05) is 6.92 Å². The first-order valence-corrected chi connectivity index (χ1v) is 6.61. The van der Waals surface area contributed by atoms with Gasteiger partial charge in [-0.1, -0.05) is 26.0 Å². The van der Waals surface area contributed by atoms with Gasteiger partial charge in [-0.25, -0.2) is 0 Å². The molecular weight excluding hydrogens is 269 g/mol. The van der Waals surface area contributed by atoms with E-state index in [1.54, 1.807) is 12.1 Å². The topological polar surface area (TPSA) is 38.5 Å². The van der Waals surface area contributed by atoms with Gasteiger partial charge in [-0.3, -0.25) is 4.90 Å². The van der Waals surface area contributed by atoms with E-state index in [-0.39, 0.29) is 5.75 Å². The van der Waals surface area contributed by atoms with Crippen LogP contribution in [0, 0.1) is 5.92 Å². The van der Waals surface area contributed by atoms with Crippen molar-refractivity contribution < 1.29 is 17.9 Å². The number of alkyl halides is 3. The first-order valence-electron chi connectivity index (χ1n) is 6.61. The van der Waals surface area contributed by atoms with Crippen LogP contribution in [-0.4, -0.2) is 30.9 Å². The monoisotopic (exact) mass is 290 g/mol. The lowest BCUT2D eigenvalue weighted by Crippen LogP contribution is -2.31. The number of nitrogens with two attached hydrogens (primary N) is 1. The summed E-state index contributed by atoms with van der Waals surface area (Å²) in [6.07, 6.45) is -4.65. The van der Waals surface area contributed by atoms with Crippen molar-refractivity contribution in [1.82, 2.24) is 4.90 Å². The van der Waals surface area contributed by atoms with Gasteiger partial charge in [0, 0.05) is 13.1 Å². The summed E-state index contributed by atoms with van der Waals surface area (Å²) in [5, 5.41) is 0. The Bertz CT molecular complexity index is 392. The summed E-state index contributed by atoms with van der Waals surface area (Å²) >= 11 is 0. The van der Waals surface area contributed by atoms with Crippen molar-refractivity contribution in [2.75, 3.05) is 19.6 Å². The lowest BCUT2D eigenvalue weighted by molar-refractivity contribution is -0.274. The molecule has 0 aliphatic carbocycles. The van der Waals surface area contributed by atoms with Crippen LogP contribution in [0.2, 0.25) is 0 Å². The van der Waals surface area contributed by atoms with Crippen molar-refractivity contribution in [2.24, 2.45) is 11.7 Å². The molecular formula is C14H21F3N2O. The molecule has 0 amide bonds. The normalized spacial score (nSPS) is 13.6. The standard InChI is InChI=1S/C14H21F3N2O/c1-3-19(9-11(2)8-18)10-12-4-6-13(7-5-12)20-14(15,16)17/h4-7,11H,3,8-10,18H2,1-2H3. The van der Waals surface area contributed by atoms with Gasteiger partial charge in [-0.05, 0) is 36.7 Å². The minimum atomic E-state index is -4.65. The minimum absolute atomic E-state index is 0.195. The Morgan fingerprint density at radius 2 is 1.85 bits per heavy atom. The van der Waals surface area contributed by atoms with Crippen molar-refractivity contribution >= 4 is 0 Å². The van der Waals surface area contributed by atoms with E-state index in [0.717, 1.165) is 18.7 Å². The van der Waals surface area contributed by atoms with Crippen molar-refractivity contribution in [3.05, 3.63) is 29.8 Å². The maximum atomic E-state index is 12.0. The summed E-state index contributed by atoms with van der Waals surface area (Å²) in [6.45, 7) is 7.16. The maximum Gasteiger partial charge on any atom is 0.573 e. The number of nitrogens with zero attached hydrogens (tertiary/aromatic N) is 1. The molecule has 1 aromatic carbocycles. The van der Waals surface area contributed by atoms with Gasteiger partial charge in [0.05, 0.1) is 0 Å². The van der Waals surface area contributed by atoms with Crippen LogP contribution < -0.4 is 10.5 Å². The van der Waals surface area contributed by atoms with Crippen LogP contribution >= 0.6 is 0 Å². The summed E-state index contributed by atoms with van der Waals surface area (Å²) in [5.41, 5.74) is 6.55. The third-order valence-electron chi connectivity index (χ3n) is 2.98. The molecule has 0 fully saturated rings. The number of ether oxygens (including phenoxy) is 1. The molecule has 114 valence electrons. The quantitative estimate of drug-likeness (QED) is 0.839. The molecule has 0 saturated heterocycles. The number of benzene rings is 1. The second-order valence-electron chi connectivity index (χ2n) is 4.86. The molecule has 2 N–H and O–H groups in total. The zero-order chi connectivity index (χ0) is 15.2. The average Bonchev–Trinajstić information content (AvgIpc) is 2.38. The summed E-state index contributed by atoms with van der Waals surface area (Å²) in [4.78, 5) is 2.21. The van der Waals surface area contributed by atoms with Gasteiger partial charge in [0.1, 0.15) is 5.75 Å². The smallest absolute Gasteiger partial charge is 0.406 e. The molecule has 6 heteroatoms. The first kappa shape index (κ1) is 16.8. The number of hydrogen-bond donors (Lipinski definition) is 1. The fourth-order valence-electron chi connectivity index (χ4n) is 1.88. The second kappa shape index (κ2) is 7.50. The fraction of sp³-hybridized carbons (Fsp3) is 0.571. The third kappa shape index (κ3) is 6.25.